The first-order valence-electron chi connectivity index (χ1n) is 8.30. The molecule has 0 aliphatic carbocycles. The number of halogens is 1. The van der Waals surface area contributed by atoms with E-state index in [0.29, 0.717) is 11.4 Å². The Morgan fingerprint density at radius 3 is 2.80 bits per heavy atom. The molecular formula is C19H18ClN3OS. The van der Waals surface area contributed by atoms with Crippen molar-refractivity contribution < 1.29 is 4.79 Å². The Bertz CT molecular complexity index is 902. The lowest BCUT2D eigenvalue weighted by molar-refractivity contribution is -0.130. The number of hydrogen-bond acceptors (Lipinski definition) is 4. The lowest BCUT2D eigenvalue weighted by Gasteiger charge is -2.36. The zero-order valence-electron chi connectivity index (χ0n) is 13.7. The fourth-order valence-corrected chi connectivity index (χ4v) is 4.34. The zero-order valence-corrected chi connectivity index (χ0v) is 15.3. The predicted octanol–water partition coefficient (Wildman–Crippen LogP) is 3.84. The third kappa shape index (κ3) is 3.48. The Labute approximate surface area is 155 Å². The highest BCUT2D eigenvalue weighted by atomic mass is 35.5. The van der Waals surface area contributed by atoms with E-state index in [1.54, 1.807) is 11.3 Å². The average molecular weight is 372 g/mol. The monoisotopic (exact) mass is 371 g/mol. The lowest BCUT2D eigenvalue weighted by atomic mass is 10.1. The standard InChI is InChI=1S/C19H18ClN3OS/c20-15-3-1-2-14(12-15)13-18(24)23-9-7-22(8-10-23)17-4-6-21-16-5-11-25-19(16)17/h1-6,11-12H,7-10,13H2. The van der Waals surface area contributed by atoms with Crippen LogP contribution in [0, 0.1) is 0 Å². The summed E-state index contributed by atoms with van der Waals surface area (Å²) in [7, 11) is 0. The minimum Gasteiger partial charge on any atom is -0.367 e. The van der Waals surface area contributed by atoms with Gasteiger partial charge in [-0.1, -0.05) is 23.7 Å². The van der Waals surface area contributed by atoms with Crippen molar-refractivity contribution in [1.82, 2.24) is 9.88 Å². The molecule has 1 saturated heterocycles. The first kappa shape index (κ1) is 16.4. The number of pyridine rings is 1. The van der Waals surface area contributed by atoms with Gasteiger partial charge < -0.3 is 9.80 Å². The van der Waals surface area contributed by atoms with Gasteiger partial charge in [0, 0.05) is 37.4 Å². The molecule has 3 aromatic rings. The van der Waals surface area contributed by atoms with Gasteiger partial charge in [0.2, 0.25) is 5.91 Å². The summed E-state index contributed by atoms with van der Waals surface area (Å²) in [5.41, 5.74) is 3.23. The van der Waals surface area contributed by atoms with Gasteiger partial charge in [0.25, 0.3) is 0 Å². The smallest absolute Gasteiger partial charge is 0.227 e. The number of nitrogens with zero attached hydrogens (tertiary/aromatic N) is 3. The molecule has 0 N–H and O–H groups in total. The van der Waals surface area contributed by atoms with Crippen LogP contribution in [0.2, 0.25) is 5.02 Å². The van der Waals surface area contributed by atoms with Gasteiger partial charge in [-0.3, -0.25) is 9.78 Å². The minimum absolute atomic E-state index is 0.165. The van der Waals surface area contributed by atoms with E-state index < -0.39 is 0 Å². The minimum atomic E-state index is 0.165. The van der Waals surface area contributed by atoms with Gasteiger partial charge in [-0.15, -0.1) is 11.3 Å². The lowest BCUT2D eigenvalue weighted by Crippen LogP contribution is -2.49. The third-order valence-electron chi connectivity index (χ3n) is 4.54. The van der Waals surface area contributed by atoms with Crippen LogP contribution in [0.15, 0.2) is 48.0 Å². The normalized spacial score (nSPS) is 14.9. The number of carbonyl (C=O) groups is 1. The second-order valence-electron chi connectivity index (χ2n) is 6.14. The van der Waals surface area contributed by atoms with Crippen LogP contribution in [-0.4, -0.2) is 42.0 Å². The van der Waals surface area contributed by atoms with E-state index in [9.17, 15) is 4.79 Å². The molecule has 6 heteroatoms. The predicted molar refractivity (Wildman–Crippen MR) is 104 cm³/mol. The van der Waals surface area contributed by atoms with Crippen molar-refractivity contribution in [2.24, 2.45) is 0 Å². The zero-order chi connectivity index (χ0) is 17.2. The molecule has 1 aliphatic heterocycles. The molecule has 128 valence electrons. The van der Waals surface area contributed by atoms with E-state index >= 15 is 0 Å². The van der Waals surface area contributed by atoms with Crippen LogP contribution in [-0.2, 0) is 11.2 Å². The summed E-state index contributed by atoms with van der Waals surface area (Å²) in [6, 6.07) is 11.6. The van der Waals surface area contributed by atoms with Crippen molar-refractivity contribution in [2.75, 3.05) is 31.1 Å². The molecule has 0 bridgehead atoms. The number of thiophene rings is 1. The largest absolute Gasteiger partial charge is 0.367 e. The summed E-state index contributed by atoms with van der Waals surface area (Å²) in [6.07, 6.45) is 2.27. The van der Waals surface area contributed by atoms with Crippen molar-refractivity contribution in [3.63, 3.8) is 0 Å². The number of rotatable bonds is 3. The molecule has 25 heavy (non-hydrogen) atoms. The molecule has 0 atom stereocenters. The van der Waals surface area contributed by atoms with Crippen LogP contribution < -0.4 is 4.90 Å². The molecule has 1 fully saturated rings. The van der Waals surface area contributed by atoms with Gasteiger partial charge in [-0.2, -0.15) is 0 Å². The quantitative estimate of drug-likeness (QED) is 0.701. The van der Waals surface area contributed by atoms with Gasteiger partial charge in [-0.25, -0.2) is 0 Å². The first-order valence-corrected chi connectivity index (χ1v) is 9.56. The summed E-state index contributed by atoms with van der Waals surface area (Å²) >= 11 is 7.72. The van der Waals surface area contributed by atoms with E-state index in [-0.39, 0.29) is 5.91 Å². The fraction of sp³-hybridized carbons (Fsp3) is 0.263. The Morgan fingerprint density at radius 2 is 2.00 bits per heavy atom. The Hall–Kier alpha value is -2.11. The molecule has 2 aromatic heterocycles. The molecule has 4 nitrogen and oxygen atoms in total. The highest BCUT2D eigenvalue weighted by Gasteiger charge is 2.22. The topological polar surface area (TPSA) is 36.4 Å². The molecular weight excluding hydrogens is 354 g/mol. The number of fused-ring (bicyclic) bond motifs is 1. The van der Waals surface area contributed by atoms with Crippen molar-refractivity contribution in [3.8, 4) is 0 Å². The van der Waals surface area contributed by atoms with E-state index in [2.05, 4.69) is 21.3 Å². The number of benzene rings is 1. The maximum absolute atomic E-state index is 12.5. The highest BCUT2D eigenvalue weighted by Crippen LogP contribution is 2.30. The molecule has 0 unspecified atom stereocenters. The van der Waals surface area contributed by atoms with Crippen LogP contribution in [0.3, 0.4) is 0 Å². The summed E-state index contributed by atoms with van der Waals surface area (Å²) in [6.45, 7) is 3.18. The van der Waals surface area contributed by atoms with Crippen molar-refractivity contribution in [2.45, 2.75) is 6.42 Å². The summed E-state index contributed by atoms with van der Waals surface area (Å²) in [4.78, 5) is 21.3. The van der Waals surface area contributed by atoms with Crippen LogP contribution in [0.25, 0.3) is 10.2 Å². The number of hydrogen-bond donors (Lipinski definition) is 0. The van der Waals surface area contributed by atoms with Crippen molar-refractivity contribution in [1.29, 1.82) is 0 Å². The third-order valence-corrected chi connectivity index (χ3v) is 5.70. The second kappa shape index (κ2) is 7.02. The molecule has 0 spiro atoms. The molecule has 3 heterocycles. The maximum atomic E-state index is 12.5. The van der Waals surface area contributed by atoms with Gasteiger partial charge >= 0.3 is 0 Å². The molecule has 1 aliphatic rings. The molecule has 4 rings (SSSR count). The summed E-state index contributed by atoms with van der Waals surface area (Å²) < 4.78 is 1.22. The van der Waals surface area contributed by atoms with Gasteiger partial charge in [-0.05, 0) is 35.2 Å². The SMILES string of the molecule is O=C(Cc1cccc(Cl)c1)N1CCN(c2ccnc3ccsc23)CC1. The number of carbonyl (C=O) groups excluding carboxylic acids is 1. The summed E-state index contributed by atoms with van der Waals surface area (Å²) in [5.74, 6) is 0.165. The van der Waals surface area contributed by atoms with Crippen molar-refractivity contribution in [3.05, 3.63) is 58.6 Å². The average Bonchev–Trinajstić information content (AvgIpc) is 3.10. The molecule has 0 saturated carbocycles. The van der Waals surface area contributed by atoms with Gasteiger partial charge in [0.05, 0.1) is 22.3 Å². The maximum Gasteiger partial charge on any atom is 0.227 e. The van der Waals surface area contributed by atoms with Gasteiger partial charge in [0.15, 0.2) is 0 Å². The Morgan fingerprint density at radius 1 is 1.16 bits per heavy atom. The van der Waals surface area contributed by atoms with E-state index in [0.717, 1.165) is 37.3 Å². The van der Waals surface area contributed by atoms with E-state index in [1.165, 1.54) is 10.4 Å². The molecule has 1 amide bonds. The van der Waals surface area contributed by atoms with E-state index in [1.807, 2.05) is 41.4 Å². The van der Waals surface area contributed by atoms with Crippen LogP contribution in [0.4, 0.5) is 5.69 Å². The Balaban J connectivity index is 1.41. The molecule has 1 aromatic carbocycles. The Kier molecular flexibility index (Phi) is 4.59. The number of anilines is 1. The fourth-order valence-electron chi connectivity index (χ4n) is 3.24. The first-order chi connectivity index (χ1) is 12.2. The highest BCUT2D eigenvalue weighted by molar-refractivity contribution is 7.17. The van der Waals surface area contributed by atoms with Crippen LogP contribution >= 0.6 is 22.9 Å². The second-order valence-corrected chi connectivity index (χ2v) is 7.49. The van der Waals surface area contributed by atoms with E-state index in [4.69, 9.17) is 11.6 Å². The van der Waals surface area contributed by atoms with Crippen LogP contribution in [0.5, 0.6) is 0 Å². The number of amides is 1. The molecule has 0 radical (unpaired) electrons. The van der Waals surface area contributed by atoms with Crippen molar-refractivity contribution >= 4 is 44.7 Å². The van der Waals surface area contributed by atoms with Crippen LogP contribution in [0.1, 0.15) is 5.56 Å². The van der Waals surface area contributed by atoms with Gasteiger partial charge in [0.1, 0.15) is 0 Å². The number of aromatic nitrogens is 1. The summed E-state index contributed by atoms with van der Waals surface area (Å²) in [5, 5.41) is 2.75. The number of piperazine rings is 1.